The molecule has 132 valence electrons. The van der Waals surface area contributed by atoms with Crippen molar-refractivity contribution in [3.05, 3.63) is 82.3 Å². The quantitative estimate of drug-likeness (QED) is 0.675. The van der Waals surface area contributed by atoms with Crippen LogP contribution in [0.1, 0.15) is 29.9 Å². The summed E-state index contributed by atoms with van der Waals surface area (Å²) in [4.78, 5) is 31.6. The molecule has 3 N–H and O–H groups in total. The number of amides is 1. The maximum atomic E-state index is 12.7. The fraction of sp³-hybridized carbons (Fsp3) is 0.150. The number of nitrogens with zero attached hydrogens (tertiary/aromatic N) is 1. The molecule has 3 rings (SSSR count). The van der Waals surface area contributed by atoms with Crippen molar-refractivity contribution in [3.63, 3.8) is 0 Å². The van der Waals surface area contributed by atoms with Crippen LogP contribution in [0.2, 0.25) is 0 Å². The average molecular weight is 349 g/mol. The number of aromatic nitrogens is 2. The zero-order chi connectivity index (χ0) is 18.7. The molecule has 0 unspecified atom stereocenters. The van der Waals surface area contributed by atoms with Gasteiger partial charge in [-0.2, -0.15) is 0 Å². The van der Waals surface area contributed by atoms with E-state index < -0.39 is 17.0 Å². The number of aromatic hydroxyl groups is 1. The average Bonchev–Trinajstić information content (AvgIpc) is 2.62. The fourth-order valence-corrected chi connectivity index (χ4v) is 2.60. The fourth-order valence-electron chi connectivity index (χ4n) is 2.60. The number of benzene rings is 2. The highest BCUT2D eigenvalue weighted by atomic mass is 16.3. The van der Waals surface area contributed by atoms with Crippen LogP contribution in [0.5, 0.6) is 5.75 Å². The standard InChI is InChI=1S/C20H19N3O3/c1-20(2,14-8-10-15(24)11-9-14)23-19(26)16-12-17(25)22-18(21-16)13-6-4-3-5-7-13/h3-12,24H,1-2H3,(H,23,26)(H,21,22,25). The predicted molar refractivity (Wildman–Crippen MR) is 98.9 cm³/mol. The number of aromatic amines is 1. The second-order valence-corrected chi connectivity index (χ2v) is 6.47. The van der Waals surface area contributed by atoms with Crippen LogP contribution in [-0.2, 0) is 5.54 Å². The van der Waals surface area contributed by atoms with Gasteiger partial charge in [0.25, 0.3) is 11.5 Å². The molecule has 0 radical (unpaired) electrons. The van der Waals surface area contributed by atoms with Crippen LogP contribution in [-0.4, -0.2) is 21.0 Å². The molecule has 0 aliphatic carbocycles. The molecule has 0 fully saturated rings. The minimum Gasteiger partial charge on any atom is -0.508 e. The van der Waals surface area contributed by atoms with E-state index in [9.17, 15) is 14.7 Å². The molecular weight excluding hydrogens is 330 g/mol. The van der Waals surface area contributed by atoms with E-state index in [0.29, 0.717) is 5.82 Å². The Balaban J connectivity index is 1.89. The molecule has 1 aromatic heterocycles. The Kier molecular flexibility index (Phi) is 4.58. The molecule has 0 saturated carbocycles. The number of hydrogen-bond donors (Lipinski definition) is 3. The lowest BCUT2D eigenvalue weighted by Gasteiger charge is -2.26. The van der Waals surface area contributed by atoms with Crippen LogP contribution >= 0.6 is 0 Å². The molecule has 0 atom stereocenters. The number of carbonyl (C=O) groups is 1. The van der Waals surface area contributed by atoms with Crippen LogP contribution in [0.4, 0.5) is 0 Å². The van der Waals surface area contributed by atoms with Gasteiger partial charge in [0.15, 0.2) is 0 Å². The van der Waals surface area contributed by atoms with E-state index in [1.54, 1.807) is 36.4 Å². The number of H-pyrrole nitrogens is 1. The highest BCUT2D eigenvalue weighted by molar-refractivity contribution is 5.93. The first-order chi connectivity index (χ1) is 12.3. The Morgan fingerprint density at radius 3 is 2.38 bits per heavy atom. The monoisotopic (exact) mass is 349 g/mol. The topological polar surface area (TPSA) is 95.1 Å². The Labute approximate surface area is 150 Å². The van der Waals surface area contributed by atoms with Gasteiger partial charge >= 0.3 is 0 Å². The second kappa shape index (κ2) is 6.84. The van der Waals surface area contributed by atoms with Gasteiger partial charge in [0.1, 0.15) is 17.3 Å². The van der Waals surface area contributed by atoms with Gasteiger partial charge in [0, 0.05) is 11.6 Å². The minimum absolute atomic E-state index is 0.0412. The first-order valence-corrected chi connectivity index (χ1v) is 8.14. The number of rotatable bonds is 4. The molecule has 1 heterocycles. The van der Waals surface area contributed by atoms with Crippen molar-refractivity contribution in [1.82, 2.24) is 15.3 Å². The normalized spacial score (nSPS) is 11.2. The third-order valence-corrected chi connectivity index (χ3v) is 4.04. The maximum Gasteiger partial charge on any atom is 0.270 e. The van der Waals surface area contributed by atoms with Crippen LogP contribution in [0.25, 0.3) is 11.4 Å². The lowest BCUT2D eigenvalue weighted by molar-refractivity contribution is 0.0906. The third-order valence-electron chi connectivity index (χ3n) is 4.04. The van der Waals surface area contributed by atoms with E-state index >= 15 is 0 Å². The van der Waals surface area contributed by atoms with E-state index in [4.69, 9.17) is 0 Å². The summed E-state index contributed by atoms with van der Waals surface area (Å²) >= 11 is 0. The van der Waals surface area contributed by atoms with Crippen LogP contribution < -0.4 is 10.9 Å². The number of carbonyl (C=O) groups excluding carboxylic acids is 1. The Morgan fingerprint density at radius 1 is 1.08 bits per heavy atom. The SMILES string of the molecule is CC(C)(NC(=O)c1cc(=O)[nH]c(-c2ccccc2)n1)c1ccc(O)cc1. The number of nitrogens with one attached hydrogen (secondary N) is 2. The summed E-state index contributed by atoms with van der Waals surface area (Å²) < 4.78 is 0. The predicted octanol–water partition coefficient (Wildman–Crippen LogP) is 2.81. The zero-order valence-electron chi connectivity index (χ0n) is 14.5. The Hall–Kier alpha value is -3.41. The van der Waals surface area contributed by atoms with Crippen molar-refractivity contribution in [2.75, 3.05) is 0 Å². The molecule has 0 aliphatic rings. The molecule has 6 nitrogen and oxygen atoms in total. The van der Waals surface area contributed by atoms with Gasteiger partial charge < -0.3 is 15.4 Å². The summed E-state index contributed by atoms with van der Waals surface area (Å²) in [6.07, 6.45) is 0. The Bertz CT molecular complexity index is 977. The molecule has 0 aliphatic heterocycles. The number of phenols is 1. The van der Waals surface area contributed by atoms with Gasteiger partial charge in [0.2, 0.25) is 0 Å². The van der Waals surface area contributed by atoms with Gasteiger partial charge in [-0.25, -0.2) is 4.98 Å². The van der Waals surface area contributed by atoms with Crippen molar-refractivity contribution < 1.29 is 9.90 Å². The van der Waals surface area contributed by atoms with Crippen LogP contribution in [0.3, 0.4) is 0 Å². The molecular formula is C20H19N3O3. The van der Waals surface area contributed by atoms with Crippen molar-refractivity contribution in [3.8, 4) is 17.1 Å². The van der Waals surface area contributed by atoms with Crippen LogP contribution in [0.15, 0.2) is 65.5 Å². The Morgan fingerprint density at radius 2 is 1.73 bits per heavy atom. The second-order valence-electron chi connectivity index (χ2n) is 6.47. The first kappa shape index (κ1) is 17.4. The highest BCUT2D eigenvalue weighted by Crippen LogP contribution is 2.22. The minimum atomic E-state index is -0.706. The van der Waals surface area contributed by atoms with Crippen LogP contribution in [0, 0.1) is 0 Å². The number of hydrogen-bond acceptors (Lipinski definition) is 4. The molecule has 3 aromatic rings. The summed E-state index contributed by atoms with van der Waals surface area (Å²) in [5.74, 6) is 0.0386. The zero-order valence-corrected chi connectivity index (χ0v) is 14.5. The van der Waals surface area contributed by atoms with Crippen molar-refractivity contribution in [2.24, 2.45) is 0 Å². The molecule has 0 bridgehead atoms. The molecule has 0 saturated heterocycles. The van der Waals surface area contributed by atoms with Crippen molar-refractivity contribution in [1.29, 1.82) is 0 Å². The first-order valence-electron chi connectivity index (χ1n) is 8.14. The molecule has 6 heteroatoms. The van der Waals surface area contributed by atoms with E-state index in [2.05, 4.69) is 15.3 Å². The van der Waals surface area contributed by atoms with E-state index in [1.165, 1.54) is 6.07 Å². The summed E-state index contributed by atoms with van der Waals surface area (Å²) in [5, 5.41) is 12.3. The van der Waals surface area contributed by atoms with E-state index in [0.717, 1.165) is 11.1 Å². The van der Waals surface area contributed by atoms with Gasteiger partial charge in [0.05, 0.1) is 5.54 Å². The number of phenolic OH excluding ortho intramolecular Hbond substituents is 1. The summed E-state index contributed by atoms with van der Waals surface area (Å²) in [6, 6.07) is 16.9. The van der Waals surface area contributed by atoms with Gasteiger partial charge in [-0.3, -0.25) is 9.59 Å². The van der Waals surface area contributed by atoms with Gasteiger partial charge in [-0.15, -0.1) is 0 Å². The molecule has 26 heavy (non-hydrogen) atoms. The van der Waals surface area contributed by atoms with E-state index in [1.807, 2.05) is 32.0 Å². The van der Waals surface area contributed by atoms with E-state index in [-0.39, 0.29) is 11.4 Å². The lowest BCUT2D eigenvalue weighted by Crippen LogP contribution is -2.41. The van der Waals surface area contributed by atoms with Gasteiger partial charge in [-0.05, 0) is 31.5 Å². The molecule has 1 amide bonds. The molecule has 2 aromatic carbocycles. The smallest absolute Gasteiger partial charge is 0.270 e. The summed E-state index contributed by atoms with van der Waals surface area (Å²) in [6.45, 7) is 3.67. The maximum absolute atomic E-state index is 12.7. The largest absolute Gasteiger partial charge is 0.508 e. The van der Waals surface area contributed by atoms with Crippen molar-refractivity contribution >= 4 is 5.91 Å². The van der Waals surface area contributed by atoms with Crippen molar-refractivity contribution in [2.45, 2.75) is 19.4 Å². The third kappa shape index (κ3) is 3.80. The van der Waals surface area contributed by atoms with Gasteiger partial charge in [-0.1, -0.05) is 42.5 Å². The molecule has 0 spiro atoms. The summed E-state index contributed by atoms with van der Waals surface area (Å²) in [7, 11) is 0. The lowest BCUT2D eigenvalue weighted by atomic mass is 9.94. The highest BCUT2D eigenvalue weighted by Gasteiger charge is 2.24. The summed E-state index contributed by atoms with van der Waals surface area (Å²) in [5.41, 5.74) is 0.474.